The molecule has 1 aromatic rings. The van der Waals surface area contributed by atoms with Crippen LogP contribution >= 0.6 is 11.8 Å². The lowest BCUT2D eigenvalue weighted by Gasteiger charge is -2.27. The number of ether oxygens (including phenoxy) is 1. The van der Waals surface area contributed by atoms with Crippen LogP contribution in [0.1, 0.15) is 32.1 Å². The second-order valence-electron chi connectivity index (χ2n) is 5.22. The average molecular weight is 274 g/mol. The summed E-state index contributed by atoms with van der Waals surface area (Å²) in [6.45, 7) is 0. The van der Waals surface area contributed by atoms with Gasteiger partial charge in [-0.2, -0.15) is 0 Å². The average Bonchev–Trinajstić information content (AvgIpc) is 2.82. The first kappa shape index (κ1) is 12.8. The van der Waals surface area contributed by atoms with E-state index in [9.17, 15) is 4.79 Å². The highest BCUT2D eigenvalue weighted by atomic mass is 32.2. The zero-order chi connectivity index (χ0) is 13.1. The van der Waals surface area contributed by atoms with E-state index in [1.165, 1.54) is 37.0 Å². The van der Waals surface area contributed by atoms with E-state index in [0.717, 1.165) is 4.91 Å². The van der Waals surface area contributed by atoms with E-state index in [-0.39, 0.29) is 12.1 Å². The van der Waals surface area contributed by atoms with E-state index in [0.29, 0.717) is 5.92 Å². The van der Waals surface area contributed by atoms with Crippen LogP contribution in [0.3, 0.4) is 0 Å². The highest BCUT2D eigenvalue weighted by molar-refractivity contribution is 8.03. The standard InChI is InChI=1S/C16H18O2S/c17-15-11-14(19-13-9-5-2-6-10-13)16(18-15)12-7-3-1-4-8-12/h2,5-6,9-12,16H,1,3-4,7-8H2. The van der Waals surface area contributed by atoms with Crippen molar-refractivity contribution in [2.75, 3.05) is 0 Å². The highest BCUT2D eigenvalue weighted by Gasteiger charge is 2.34. The maximum Gasteiger partial charge on any atom is 0.332 e. The maximum atomic E-state index is 11.6. The predicted octanol–water partition coefficient (Wildman–Crippen LogP) is 4.17. The van der Waals surface area contributed by atoms with Crippen molar-refractivity contribution in [3.63, 3.8) is 0 Å². The number of carbonyl (C=O) groups excluding carboxylic acids is 1. The molecule has 1 aliphatic heterocycles. The monoisotopic (exact) mass is 274 g/mol. The fourth-order valence-electron chi connectivity index (χ4n) is 2.89. The first-order chi connectivity index (χ1) is 9.33. The van der Waals surface area contributed by atoms with Crippen LogP contribution in [0.2, 0.25) is 0 Å². The number of thioether (sulfide) groups is 1. The fourth-order valence-corrected chi connectivity index (χ4v) is 3.97. The van der Waals surface area contributed by atoms with Crippen LogP contribution in [0.4, 0.5) is 0 Å². The van der Waals surface area contributed by atoms with Crippen molar-refractivity contribution in [1.82, 2.24) is 0 Å². The van der Waals surface area contributed by atoms with Crippen LogP contribution in [0, 0.1) is 5.92 Å². The Morgan fingerprint density at radius 3 is 2.53 bits per heavy atom. The number of hydrogen-bond acceptors (Lipinski definition) is 3. The van der Waals surface area contributed by atoms with Gasteiger partial charge in [0.15, 0.2) is 0 Å². The third-order valence-electron chi connectivity index (χ3n) is 3.84. The molecule has 1 atom stereocenters. The van der Waals surface area contributed by atoms with Gasteiger partial charge < -0.3 is 4.74 Å². The van der Waals surface area contributed by atoms with Gasteiger partial charge in [0.1, 0.15) is 6.10 Å². The zero-order valence-electron chi connectivity index (χ0n) is 10.9. The second kappa shape index (κ2) is 5.83. The Labute approximate surface area is 118 Å². The number of hydrogen-bond donors (Lipinski definition) is 0. The van der Waals surface area contributed by atoms with Crippen molar-refractivity contribution in [3.05, 3.63) is 41.3 Å². The minimum absolute atomic E-state index is 0.00185. The van der Waals surface area contributed by atoms with Gasteiger partial charge in [0, 0.05) is 21.8 Å². The minimum Gasteiger partial charge on any atom is -0.453 e. The number of rotatable bonds is 3. The fraction of sp³-hybridized carbons (Fsp3) is 0.438. The van der Waals surface area contributed by atoms with Crippen LogP contribution < -0.4 is 0 Å². The quantitative estimate of drug-likeness (QED) is 0.774. The molecule has 1 saturated carbocycles. The van der Waals surface area contributed by atoms with Crippen molar-refractivity contribution < 1.29 is 9.53 Å². The lowest BCUT2D eigenvalue weighted by Crippen LogP contribution is -2.24. The molecule has 0 aromatic heterocycles. The smallest absolute Gasteiger partial charge is 0.332 e. The Morgan fingerprint density at radius 2 is 1.79 bits per heavy atom. The Balaban J connectivity index is 1.74. The third-order valence-corrected chi connectivity index (χ3v) is 4.93. The summed E-state index contributed by atoms with van der Waals surface area (Å²) in [6.07, 6.45) is 7.90. The zero-order valence-corrected chi connectivity index (χ0v) is 11.7. The summed E-state index contributed by atoms with van der Waals surface area (Å²) in [5, 5.41) is 0. The molecule has 1 aromatic carbocycles. The van der Waals surface area contributed by atoms with Crippen molar-refractivity contribution in [2.45, 2.75) is 43.1 Å². The van der Waals surface area contributed by atoms with E-state index < -0.39 is 0 Å². The van der Waals surface area contributed by atoms with Crippen molar-refractivity contribution >= 4 is 17.7 Å². The molecule has 0 saturated heterocycles. The van der Waals surface area contributed by atoms with Gasteiger partial charge in [-0.25, -0.2) is 4.79 Å². The van der Waals surface area contributed by atoms with Crippen LogP contribution in [-0.2, 0) is 9.53 Å². The van der Waals surface area contributed by atoms with E-state index >= 15 is 0 Å². The molecule has 100 valence electrons. The molecule has 2 nitrogen and oxygen atoms in total. The molecule has 0 bridgehead atoms. The SMILES string of the molecule is O=C1C=C(Sc2ccccc2)C(C2CCCCC2)O1. The molecule has 0 N–H and O–H groups in total. The summed E-state index contributed by atoms with van der Waals surface area (Å²) in [7, 11) is 0. The lowest BCUT2D eigenvalue weighted by atomic mass is 9.85. The first-order valence-electron chi connectivity index (χ1n) is 6.98. The van der Waals surface area contributed by atoms with E-state index in [1.54, 1.807) is 17.8 Å². The van der Waals surface area contributed by atoms with Gasteiger partial charge in [0.05, 0.1) is 0 Å². The molecule has 3 heteroatoms. The second-order valence-corrected chi connectivity index (χ2v) is 6.36. The van der Waals surface area contributed by atoms with Crippen molar-refractivity contribution in [1.29, 1.82) is 0 Å². The summed E-state index contributed by atoms with van der Waals surface area (Å²) >= 11 is 1.67. The number of carbonyl (C=O) groups is 1. The van der Waals surface area contributed by atoms with Crippen LogP contribution in [0.25, 0.3) is 0 Å². The van der Waals surface area contributed by atoms with E-state index in [4.69, 9.17) is 4.74 Å². The van der Waals surface area contributed by atoms with Crippen molar-refractivity contribution in [2.24, 2.45) is 5.92 Å². The van der Waals surface area contributed by atoms with E-state index in [2.05, 4.69) is 12.1 Å². The normalized spacial score (nSPS) is 24.1. The Kier molecular flexibility index (Phi) is 3.92. The maximum absolute atomic E-state index is 11.6. The lowest BCUT2D eigenvalue weighted by molar-refractivity contribution is -0.141. The van der Waals surface area contributed by atoms with E-state index in [1.807, 2.05) is 18.2 Å². The summed E-state index contributed by atoms with van der Waals surface area (Å²) < 4.78 is 5.53. The predicted molar refractivity (Wildman–Crippen MR) is 76.8 cm³/mol. The molecule has 3 rings (SSSR count). The summed E-state index contributed by atoms with van der Waals surface area (Å²) in [5.74, 6) is 0.344. The summed E-state index contributed by atoms with van der Waals surface area (Å²) in [4.78, 5) is 13.8. The Morgan fingerprint density at radius 1 is 1.05 bits per heavy atom. The molecule has 0 spiro atoms. The molecule has 1 unspecified atom stereocenters. The molecule has 0 radical (unpaired) electrons. The van der Waals surface area contributed by atoms with Gasteiger partial charge in [0.2, 0.25) is 0 Å². The van der Waals surface area contributed by atoms with Crippen LogP contribution in [0.15, 0.2) is 46.2 Å². The molecule has 19 heavy (non-hydrogen) atoms. The summed E-state index contributed by atoms with van der Waals surface area (Å²) in [6, 6.07) is 10.2. The van der Waals surface area contributed by atoms with Crippen LogP contribution in [0.5, 0.6) is 0 Å². The minimum atomic E-state index is -0.172. The van der Waals surface area contributed by atoms with Crippen molar-refractivity contribution in [3.8, 4) is 0 Å². The van der Waals surface area contributed by atoms with Crippen LogP contribution in [-0.4, -0.2) is 12.1 Å². The van der Waals surface area contributed by atoms with Gasteiger partial charge in [-0.3, -0.25) is 0 Å². The molecule has 2 aliphatic rings. The highest BCUT2D eigenvalue weighted by Crippen LogP contribution is 2.40. The molecule has 0 amide bonds. The molecule has 1 heterocycles. The first-order valence-corrected chi connectivity index (χ1v) is 7.80. The van der Waals surface area contributed by atoms with Gasteiger partial charge in [-0.1, -0.05) is 49.2 Å². The van der Waals surface area contributed by atoms with Gasteiger partial charge in [-0.15, -0.1) is 0 Å². The molecule has 1 fully saturated rings. The molecular weight excluding hydrogens is 256 g/mol. The number of cyclic esters (lactones) is 1. The molecule has 1 aliphatic carbocycles. The third kappa shape index (κ3) is 3.03. The molecular formula is C16H18O2S. The van der Waals surface area contributed by atoms with Gasteiger partial charge in [0.25, 0.3) is 0 Å². The largest absolute Gasteiger partial charge is 0.453 e. The topological polar surface area (TPSA) is 26.3 Å². The number of esters is 1. The number of benzene rings is 1. The Bertz CT molecular complexity index is 475. The van der Waals surface area contributed by atoms with Gasteiger partial charge in [-0.05, 0) is 25.0 Å². The Hall–Kier alpha value is -1.22. The summed E-state index contributed by atoms with van der Waals surface area (Å²) in [5.41, 5.74) is 0. The van der Waals surface area contributed by atoms with Gasteiger partial charge >= 0.3 is 5.97 Å².